The molecule has 0 saturated heterocycles. The first-order valence-electron chi connectivity index (χ1n) is 4.65. The summed E-state index contributed by atoms with van der Waals surface area (Å²) in [6.45, 7) is 3.98. The third kappa shape index (κ3) is 2.04. The van der Waals surface area contributed by atoms with Crippen LogP contribution in [0.15, 0.2) is 28.9 Å². The van der Waals surface area contributed by atoms with Crippen molar-refractivity contribution >= 4 is 21.9 Å². The van der Waals surface area contributed by atoms with Crippen molar-refractivity contribution in [3.8, 4) is 5.69 Å². The first kappa shape index (κ1) is 10.2. The Morgan fingerprint density at radius 1 is 1.27 bits per heavy atom. The Morgan fingerprint density at radius 2 is 2.00 bits per heavy atom. The Kier molecular flexibility index (Phi) is 2.52. The maximum absolute atomic E-state index is 5.81. The Balaban J connectivity index is 2.58. The molecule has 0 saturated carbocycles. The van der Waals surface area contributed by atoms with Crippen LogP contribution in [0.5, 0.6) is 0 Å². The molecule has 1 heterocycles. The first-order valence-corrected chi connectivity index (χ1v) is 5.44. The highest BCUT2D eigenvalue weighted by Crippen LogP contribution is 2.20. The molecule has 0 atom stereocenters. The summed E-state index contributed by atoms with van der Waals surface area (Å²) < 4.78 is 2.93. The van der Waals surface area contributed by atoms with Gasteiger partial charge in [0.25, 0.3) is 0 Å². The SMILES string of the molecule is Cc1cc(Br)cc(-n2cc(C)nc2N)c1. The number of anilines is 1. The van der Waals surface area contributed by atoms with Crippen molar-refractivity contribution in [3.05, 3.63) is 40.1 Å². The molecule has 0 aliphatic carbocycles. The minimum absolute atomic E-state index is 0.519. The fourth-order valence-corrected chi connectivity index (χ4v) is 2.17. The summed E-state index contributed by atoms with van der Waals surface area (Å²) in [5.74, 6) is 0.519. The van der Waals surface area contributed by atoms with E-state index in [2.05, 4.69) is 33.0 Å². The maximum atomic E-state index is 5.81. The van der Waals surface area contributed by atoms with Crippen LogP contribution in [0, 0.1) is 13.8 Å². The Bertz CT molecular complexity index is 482. The van der Waals surface area contributed by atoms with Gasteiger partial charge in [0.1, 0.15) is 0 Å². The zero-order valence-electron chi connectivity index (χ0n) is 8.66. The van der Waals surface area contributed by atoms with Gasteiger partial charge in [0.2, 0.25) is 5.95 Å². The number of nitrogens with zero attached hydrogens (tertiary/aromatic N) is 2. The summed E-state index contributed by atoms with van der Waals surface area (Å²) in [6.07, 6.45) is 1.93. The Morgan fingerprint density at radius 3 is 2.53 bits per heavy atom. The summed E-state index contributed by atoms with van der Waals surface area (Å²) in [7, 11) is 0. The lowest BCUT2D eigenvalue weighted by Crippen LogP contribution is -1.99. The number of aryl methyl sites for hydroxylation is 2. The van der Waals surface area contributed by atoms with Crippen molar-refractivity contribution in [1.29, 1.82) is 0 Å². The molecular formula is C11H12BrN3. The zero-order valence-corrected chi connectivity index (χ0v) is 10.2. The van der Waals surface area contributed by atoms with Crippen molar-refractivity contribution in [2.75, 3.05) is 5.73 Å². The van der Waals surface area contributed by atoms with E-state index < -0.39 is 0 Å². The van der Waals surface area contributed by atoms with E-state index in [1.54, 1.807) is 0 Å². The summed E-state index contributed by atoms with van der Waals surface area (Å²) in [5, 5.41) is 0. The van der Waals surface area contributed by atoms with Crippen molar-refractivity contribution < 1.29 is 0 Å². The molecule has 0 unspecified atom stereocenters. The van der Waals surface area contributed by atoms with Crippen LogP contribution in [0.1, 0.15) is 11.3 Å². The molecule has 2 N–H and O–H groups in total. The lowest BCUT2D eigenvalue weighted by molar-refractivity contribution is 1.07. The highest BCUT2D eigenvalue weighted by molar-refractivity contribution is 9.10. The number of nitrogen functional groups attached to an aromatic ring is 1. The van der Waals surface area contributed by atoms with Crippen molar-refractivity contribution in [2.45, 2.75) is 13.8 Å². The van der Waals surface area contributed by atoms with Crippen LogP contribution in [-0.2, 0) is 0 Å². The molecule has 0 spiro atoms. The molecule has 15 heavy (non-hydrogen) atoms. The Labute approximate surface area is 97.1 Å². The predicted octanol–water partition coefficient (Wildman–Crippen LogP) is 2.83. The van der Waals surface area contributed by atoms with E-state index in [4.69, 9.17) is 5.73 Å². The topological polar surface area (TPSA) is 43.8 Å². The molecule has 3 nitrogen and oxygen atoms in total. The molecule has 1 aromatic heterocycles. The van der Waals surface area contributed by atoms with Gasteiger partial charge in [-0.25, -0.2) is 4.98 Å². The van der Waals surface area contributed by atoms with E-state index in [1.807, 2.05) is 30.7 Å². The fraction of sp³-hybridized carbons (Fsp3) is 0.182. The van der Waals surface area contributed by atoms with Crippen molar-refractivity contribution in [2.24, 2.45) is 0 Å². The second-order valence-electron chi connectivity index (χ2n) is 3.60. The quantitative estimate of drug-likeness (QED) is 0.862. The predicted molar refractivity (Wildman–Crippen MR) is 65.2 cm³/mol. The number of halogens is 1. The highest BCUT2D eigenvalue weighted by Gasteiger charge is 2.04. The third-order valence-electron chi connectivity index (χ3n) is 2.16. The lowest BCUT2D eigenvalue weighted by atomic mass is 10.2. The van der Waals surface area contributed by atoms with Gasteiger partial charge in [0.15, 0.2) is 0 Å². The number of rotatable bonds is 1. The molecule has 0 fully saturated rings. The van der Waals surface area contributed by atoms with E-state index in [9.17, 15) is 0 Å². The minimum atomic E-state index is 0.519. The lowest BCUT2D eigenvalue weighted by Gasteiger charge is -2.06. The van der Waals surface area contributed by atoms with E-state index in [1.165, 1.54) is 5.56 Å². The van der Waals surface area contributed by atoms with E-state index in [0.717, 1.165) is 15.9 Å². The summed E-state index contributed by atoms with van der Waals surface area (Å²) in [6, 6.07) is 6.15. The smallest absolute Gasteiger partial charge is 0.205 e. The number of hydrogen-bond acceptors (Lipinski definition) is 2. The van der Waals surface area contributed by atoms with Gasteiger partial charge >= 0.3 is 0 Å². The highest BCUT2D eigenvalue weighted by atomic mass is 79.9. The molecule has 0 aliphatic heterocycles. The second-order valence-corrected chi connectivity index (χ2v) is 4.51. The molecule has 1 aromatic carbocycles. The number of hydrogen-bond donors (Lipinski definition) is 1. The monoisotopic (exact) mass is 265 g/mol. The summed E-state index contributed by atoms with van der Waals surface area (Å²) >= 11 is 3.47. The van der Waals surface area contributed by atoms with Gasteiger partial charge < -0.3 is 5.73 Å². The average Bonchev–Trinajstić information content (AvgIpc) is 2.43. The van der Waals surface area contributed by atoms with Crippen LogP contribution in [0.3, 0.4) is 0 Å². The van der Waals surface area contributed by atoms with Gasteiger partial charge in [-0.05, 0) is 37.6 Å². The van der Waals surface area contributed by atoms with E-state index in [0.29, 0.717) is 5.95 Å². The van der Waals surface area contributed by atoms with Crippen LogP contribution >= 0.6 is 15.9 Å². The van der Waals surface area contributed by atoms with E-state index >= 15 is 0 Å². The van der Waals surface area contributed by atoms with Crippen molar-refractivity contribution in [3.63, 3.8) is 0 Å². The standard InChI is InChI=1S/C11H12BrN3/c1-7-3-9(12)5-10(4-7)15-6-8(2)14-11(15)13/h3-6H,1-2H3,(H2,13,14). The molecule has 0 amide bonds. The van der Waals surface area contributed by atoms with Gasteiger partial charge in [-0.3, -0.25) is 4.57 Å². The van der Waals surface area contributed by atoms with Gasteiger partial charge in [0.05, 0.1) is 5.69 Å². The molecular weight excluding hydrogens is 254 g/mol. The van der Waals surface area contributed by atoms with Crippen LogP contribution in [0.4, 0.5) is 5.95 Å². The van der Waals surface area contributed by atoms with Crippen LogP contribution < -0.4 is 5.73 Å². The number of imidazole rings is 1. The first-order chi connectivity index (χ1) is 7.06. The number of benzene rings is 1. The summed E-state index contributed by atoms with van der Waals surface area (Å²) in [4.78, 5) is 4.17. The fourth-order valence-electron chi connectivity index (χ4n) is 1.58. The van der Waals surface area contributed by atoms with Crippen LogP contribution in [0.2, 0.25) is 0 Å². The Hall–Kier alpha value is -1.29. The third-order valence-corrected chi connectivity index (χ3v) is 2.62. The number of nitrogens with two attached hydrogens (primary N) is 1. The molecule has 0 radical (unpaired) electrons. The largest absolute Gasteiger partial charge is 0.369 e. The maximum Gasteiger partial charge on any atom is 0.205 e. The molecule has 78 valence electrons. The molecule has 2 rings (SSSR count). The van der Waals surface area contributed by atoms with Crippen LogP contribution in [0.25, 0.3) is 5.69 Å². The van der Waals surface area contributed by atoms with E-state index in [-0.39, 0.29) is 0 Å². The molecule has 2 aromatic rings. The molecule has 4 heteroatoms. The second kappa shape index (κ2) is 3.70. The van der Waals surface area contributed by atoms with Gasteiger partial charge in [-0.2, -0.15) is 0 Å². The number of aromatic nitrogens is 2. The summed E-state index contributed by atoms with van der Waals surface area (Å²) in [5.41, 5.74) is 8.94. The van der Waals surface area contributed by atoms with Crippen LogP contribution in [-0.4, -0.2) is 9.55 Å². The van der Waals surface area contributed by atoms with Gasteiger partial charge in [-0.15, -0.1) is 0 Å². The zero-order chi connectivity index (χ0) is 11.0. The van der Waals surface area contributed by atoms with Gasteiger partial charge in [0, 0.05) is 16.4 Å². The average molecular weight is 266 g/mol. The minimum Gasteiger partial charge on any atom is -0.369 e. The van der Waals surface area contributed by atoms with Gasteiger partial charge in [-0.1, -0.05) is 15.9 Å². The molecule has 0 aliphatic rings. The normalized spacial score (nSPS) is 10.6. The van der Waals surface area contributed by atoms with Crippen molar-refractivity contribution in [1.82, 2.24) is 9.55 Å². The molecule has 0 bridgehead atoms.